The Morgan fingerprint density at radius 2 is 1.77 bits per heavy atom. The van der Waals surface area contributed by atoms with Crippen molar-refractivity contribution in [1.82, 2.24) is 0 Å². The minimum absolute atomic E-state index is 0.211. The van der Waals surface area contributed by atoms with Gasteiger partial charge >= 0.3 is 20.0 Å². The summed E-state index contributed by atoms with van der Waals surface area (Å²) >= 11 is 0. The van der Waals surface area contributed by atoms with Crippen LogP contribution in [0.2, 0.25) is 0 Å². The second kappa shape index (κ2) is 10.4. The van der Waals surface area contributed by atoms with Gasteiger partial charge in [0.25, 0.3) is 5.69 Å². The SMILES string of the molecule is O=C(O)CCC(C(=O)O)C(C(Nc1cccc([N+](=O)[O-])c1)c1ccccc1)[P+](=O)O. The van der Waals surface area contributed by atoms with E-state index in [4.69, 9.17) is 5.11 Å². The Hall–Kier alpha value is -3.36. The van der Waals surface area contributed by atoms with Crippen LogP contribution >= 0.6 is 8.03 Å². The van der Waals surface area contributed by atoms with Crippen LogP contribution in [0.1, 0.15) is 24.4 Å². The number of benzene rings is 2. The maximum Gasteiger partial charge on any atom is 0.512 e. The number of hydrogen-bond acceptors (Lipinski definition) is 6. The number of nitro groups is 1. The van der Waals surface area contributed by atoms with Gasteiger partial charge in [0.1, 0.15) is 12.0 Å². The normalized spacial score (nSPS) is 14.2. The van der Waals surface area contributed by atoms with Crippen molar-refractivity contribution in [3.8, 4) is 0 Å². The second-order valence-electron chi connectivity index (χ2n) is 6.51. The molecule has 11 heteroatoms. The minimum atomic E-state index is -3.07. The molecule has 0 bridgehead atoms. The summed E-state index contributed by atoms with van der Waals surface area (Å²) in [6, 6.07) is 12.7. The third kappa shape index (κ3) is 6.07. The molecule has 2 aromatic carbocycles. The smallest absolute Gasteiger partial charge is 0.481 e. The number of aliphatic carboxylic acids is 2. The molecule has 0 spiro atoms. The van der Waals surface area contributed by atoms with Crippen molar-refractivity contribution in [2.24, 2.45) is 5.92 Å². The molecule has 0 fully saturated rings. The van der Waals surface area contributed by atoms with Crippen molar-refractivity contribution >= 4 is 31.3 Å². The number of carboxylic acid groups (broad SMARTS) is 2. The molecule has 158 valence electrons. The van der Waals surface area contributed by atoms with Gasteiger partial charge in [0.05, 0.1) is 4.92 Å². The van der Waals surface area contributed by atoms with Gasteiger partial charge in [0.2, 0.25) is 5.66 Å². The largest absolute Gasteiger partial charge is 0.512 e. The maximum atomic E-state index is 12.3. The number of nitrogens with one attached hydrogen (secondary N) is 1. The molecule has 0 amide bonds. The monoisotopic (exact) mass is 435 g/mol. The first-order valence-electron chi connectivity index (χ1n) is 8.86. The fourth-order valence-corrected chi connectivity index (χ4v) is 4.23. The molecule has 2 aromatic rings. The Bertz CT molecular complexity index is 937. The molecular weight excluding hydrogens is 415 g/mol. The van der Waals surface area contributed by atoms with Gasteiger partial charge in [-0.2, -0.15) is 4.89 Å². The van der Waals surface area contributed by atoms with Crippen molar-refractivity contribution in [3.05, 3.63) is 70.3 Å². The molecule has 0 saturated carbocycles. The van der Waals surface area contributed by atoms with Gasteiger partial charge < -0.3 is 15.5 Å². The van der Waals surface area contributed by atoms with Gasteiger partial charge in [-0.15, -0.1) is 0 Å². The highest BCUT2D eigenvalue weighted by Gasteiger charge is 2.48. The molecule has 4 atom stereocenters. The minimum Gasteiger partial charge on any atom is -0.481 e. The lowest BCUT2D eigenvalue weighted by Gasteiger charge is -2.25. The second-order valence-corrected chi connectivity index (χ2v) is 7.71. The van der Waals surface area contributed by atoms with Crippen molar-refractivity contribution in [2.75, 3.05) is 5.32 Å². The van der Waals surface area contributed by atoms with E-state index in [-0.39, 0.29) is 17.8 Å². The summed E-state index contributed by atoms with van der Waals surface area (Å²) < 4.78 is 12.3. The van der Waals surface area contributed by atoms with Crippen LogP contribution in [0.15, 0.2) is 54.6 Å². The molecule has 0 aliphatic rings. The van der Waals surface area contributed by atoms with E-state index in [0.717, 1.165) is 0 Å². The molecule has 0 radical (unpaired) electrons. The standard InChI is InChI=1S/C19H19N2O8P/c22-16(23)10-9-15(19(24)25)18(30(28)29)17(12-5-2-1-3-6-12)20-13-7-4-8-14(11-13)21(26)27/h1-8,11,15,17-18,20H,9-10H2,(H2-,22,23,24,25,28,29)/p+1. The Balaban J connectivity index is 2.51. The summed E-state index contributed by atoms with van der Waals surface area (Å²) in [6.07, 6.45) is -0.841. The highest BCUT2D eigenvalue weighted by molar-refractivity contribution is 7.39. The summed E-state index contributed by atoms with van der Waals surface area (Å²) in [5.74, 6) is -4.07. The maximum absolute atomic E-state index is 12.3. The Morgan fingerprint density at radius 1 is 1.10 bits per heavy atom. The van der Waals surface area contributed by atoms with Crippen molar-refractivity contribution < 1.29 is 34.2 Å². The number of rotatable bonds is 11. The number of carbonyl (C=O) groups is 2. The first kappa shape index (κ1) is 22.9. The number of hydrogen-bond donors (Lipinski definition) is 4. The third-order valence-electron chi connectivity index (χ3n) is 4.53. The van der Waals surface area contributed by atoms with Crippen LogP contribution in [0.25, 0.3) is 0 Å². The third-order valence-corrected chi connectivity index (χ3v) is 5.70. The summed E-state index contributed by atoms with van der Waals surface area (Å²) in [4.78, 5) is 43.2. The van der Waals surface area contributed by atoms with Crippen LogP contribution in [0.4, 0.5) is 11.4 Å². The fourth-order valence-electron chi connectivity index (χ4n) is 3.15. The van der Waals surface area contributed by atoms with E-state index in [1.54, 1.807) is 30.3 Å². The average Bonchev–Trinajstić information content (AvgIpc) is 2.70. The highest BCUT2D eigenvalue weighted by atomic mass is 31.1. The lowest BCUT2D eigenvalue weighted by atomic mass is 9.90. The summed E-state index contributed by atoms with van der Waals surface area (Å²) in [7, 11) is -3.07. The zero-order chi connectivity index (χ0) is 22.3. The summed E-state index contributed by atoms with van der Waals surface area (Å²) in [5, 5.41) is 32.6. The summed E-state index contributed by atoms with van der Waals surface area (Å²) in [5.41, 5.74) is -0.869. The van der Waals surface area contributed by atoms with Crippen LogP contribution in [0.5, 0.6) is 0 Å². The van der Waals surface area contributed by atoms with E-state index >= 15 is 0 Å². The lowest BCUT2D eigenvalue weighted by molar-refractivity contribution is -0.384. The number of nitrogens with zero attached hydrogens (tertiary/aromatic N) is 1. The first-order valence-corrected chi connectivity index (χ1v) is 10.1. The van der Waals surface area contributed by atoms with Gasteiger partial charge in [-0.05, 0) is 22.6 Å². The van der Waals surface area contributed by atoms with Gasteiger partial charge in [0, 0.05) is 24.2 Å². The molecule has 0 aliphatic carbocycles. The zero-order valence-electron chi connectivity index (χ0n) is 15.6. The number of anilines is 1. The molecular formula is C19H20N2O8P+. The van der Waals surface area contributed by atoms with E-state index in [1.807, 2.05) is 0 Å². The lowest BCUT2D eigenvalue weighted by Crippen LogP contribution is -2.35. The zero-order valence-corrected chi connectivity index (χ0v) is 16.5. The van der Waals surface area contributed by atoms with E-state index in [2.05, 4.69) is 5.32 Å². The predicted molar refractivity (Wildman–Crippen MR) is 108 cm³/mol. The van der Waals surface area contributed by atoms with E-state index in [0.29, 0.717) is 5.56 Å². The molecule has 2 rings (SSSR count). The van der Waals surface area contributed by atoms with Crippen molar-refractivity contribution in [2.45, 2.75) is 24.5 Å². The summed E-state index contributed by atoms with van der Waals surface area (Å²) in [6.45, 7) is 0. The Labute approximate surface area is 172 Å². The number of non-ortho nitro benzene ring substituents is 1. The number of nitro benzene ring substituents is 1. The van der Waals surface area contributed by atoms with Crippen LogP contribution < -0.4 is 5.32 Å². The van der Waals surface area contributed by atoms with Gasteiger partial charge in [-0.3, -0.25) is 19.7 Å². The average molecular weight is 435 g/mol. The molecule has 0 aliphatic heterocycles. The van der Waals surface area contributed by atoms with E-state index in [9.17, 15) is 34.3 Å². The molecule has 10 nitrogen and oxygen atoms in total. The van der Waals surface area contributed by atoms with Crippen LogP contribution in [-0.4, -0.2) is 37.6 Å². The van der Waals surface area contributed by atoms with Crippen molar-refractivity contribution in [1.29, 1.82) is 0 Å². The van der Waals surface area contributed by atoms with E-state index in [1.165, 1.54) is 24.3 Å². The molecule has 4 N–H and O–H groups in total. The highest BCUT2D eigenvalue weighted by Crippen LogP contribution is 2.42. The van der Waals surface area contributed by atoms with E-state index < -0.39 is 48.9 Å². The van der Waals surface area contributed by atoms with Crippen molar-refractivity contribution in [3.63, 3.8) is 0 Å². The topological polar surface area (TPSA) is 167 Å². The fraction of sp³-hybridized carbons (Fsp3) is 0.263. The van der Waals surface area contributed by atoms with Gasteiger partial charge in [-0.25, -0.2) is 0 Å². The predicted octanol–water partition coefficient (Wildman–Crippen LogP) is 3.42. The first-order chi connectivity index (χ1) is 14.2. The van der Waals surface area contributed by atoms with Crippen LogP contribution in [-0.2, 0) is 14.2 Å². The molecule has 0 heterocycles. The number of carboxylic acids is 2. The van der Waals surface area contributed by atoms with Crippen LogP contribution in [0, 0.1) is 16.0 Å². The van der Waals surface area contributed by atoms with Gasteiger partial charge in [-0.1, -0.05) is 36.4 Å². The molecule has 0 saturated heterocycles. The molecule has 4 unspecified atom stereocenters. The Kier molecular flexibility index (Phi) is 7.97. The quantitative estimate of drug-likeness (QED) is 0.235. The van der Waals surface area contributed by atoms with Crippen LogP contribution in [0.3, 0.4) is 0 Å². The molecule has 0 aromatic heterocycles. The molecule has 30 heavy (non-hydrogen) atoms. The van der Waals surface area contributed by atoms with Gasteiger partial charge in [0.15, 0.2) is 0 Å². The Morgan fingerprint density at radius 3 is 2.30 bits per heavy atom.